The highest BCUT2D eigenvalue weighted by atomic mass is 32.2. The Bertz CT molecular complexity index is 780. The molecule has 130 valence electrons. The fourth-order valence-corrected chi connectivity index (χ4v) is 4.17. The lowest BCUT2D eigenvalue weighted by atomic mass is 10.1. The van der Waals surface area contributed by atoms with E-state index in [2.05, 4.69) is 5.32 Å². The van der Waals surface area contributed by atoms with Crippen molar-refractivity contribution in [2.24, 2.45) is 0 Å². The number of β-lactam (4-membered cyclic amide) rings is 1. The lowest BCUT2D eigenvalue weighted by molar-refractivity contribution is -0.140. The van der Waals surface area contributed by atoms with Crippen molar-refractivity contribution in [2.75, 3.05) is 12.8 Å². The van der Waals surface area contributed by atoms with Gasteiger partial charge in [0.05, 0.1) is 13.0 Å². The topological polar surface area (TPSA) is 104 Å². The van der Waals surface area contributed by atoms with Crippen molar-refractivity contribution in [3.63, 3.8) is 0 Å². The number of hydrogen-bond donors (Lipinski definition) is 2. The van der Waals surface area contributed by atoms with Crippen LogP contribution >= 0.6 is 35.7 Å². The predicted molar refractivity (Wildman–Crippen MR) is 97.3 cm³/mol. The van der Waals surface area contributed by atoms with Crippen LogP contribution in [-0.4, -0.2) is 51.5 Å². The van der Waals surface area contributed by atoms with Gasteiger partial charge in [0.2, 0.25) is 5.91 Å². The first-order valence-electron chi connectivity index (χ1n) is 6.64. The van der Waals surface area contributed by atoms with Crippen LogP contribution < -0.4 is 5.32 Å². The van der Waals surface area contributed by atoms with Gasteiger partial charge in [-0.3, -0.25) is 14.1 Å². The third-order valence-electron chi connectivity index (χ3n) is 3.19. The van der Waals surface area contributed by atoms with Crippen LogP contribution in [0.2, 0.25) is 0 Å². The van der Waals surface area contributed by atoms with Crippen LogP contribution in [0.4, 0.5) is 0 Å². The van der Waals surface area contributed by atoms with Crippen LogP contribution in [-0.2, 0) is 26.3 Å². The number of nitrogens with one attached hydrogen (secondary N) is 1. The quantitative estimate of drug-likeness (QED) is 0.324. The minimum atomic E-state index is -4.55. The van der Waals surface area contributed by atoms with Crippen molar-refractivity contribution in [3.05, 3.63) is 29.8 Å². The van der Waals surface area contributed by atoms with Crippen LogP contribution in [0.25, 0.3) is 0 Å². The molecule has 2 N–H and O–H groups in total. The summed E-state index contributed by atoms with van der Waals surface area (Å²) in [6.07, 6.45) is 1.91. The third kappa shape index (κ3) is 4.70. The molecule has 0 bridgehead atoms. The maximum Gasteiger partial charge on any atom is 0.362 e. The number of rotatable bonds is 5. The summed E-state index contributed by atoms with van der Waals surface area (Å²) in [6, 6.07) is 6.34. The zero-order valence-corrected chi connectivity index (χ0v) is 15.7. The zero-order chi connectivity index (χ0) is 17.9. The number of thiocarbonyl (C=S) groups is 1. The molecule has 24 heavy (non-hydrogen) atoms. The van der Waals surface area contributed by atoms with Crippen LogP contribution in [0.15, 0.2) is 29.2 Å². The van der Waals surface area contributed by atoms with Gasteiger partial charge in [0, 0.05) is 4.90 Å². The standard InChI is InChI=1S/C13H14N2O5S4/c1-22-13(21)23-10-5-3-2-4-8(10)6-11(16)14-9-7-15(12(9)17)24(18,19)20/h2-5,9H,6-7H2,1H3,(H,14,16)(H,18,19,20)/t9-/m0/s1. The van der Waals surface area contributed by atoms with Gasteiger partial charge < -0.3 is 5.32 Å². The van der Waals surface area contributed by atoms with Crippen molar-refractivity contribution in [3.8, 4) is 0 Å². The summed E-state index contributed by atoms with van der Waals surface area (Å²) in [5, 5.41) is 2.46. The maximum absolute atomic E-state index is 12.1. The molecule has 0 aliphatic carbocycles. The number of benzene rings is 1. The molecule has 0 unspecified atom stereocenters. The van der Waals surface area contributed by atoms with E-state index >= 15 is 0 Å². The SMILES string of the molecule is CSC(=S)Sc1ccccc1CC(=O)N[C@H]1CN(S(=O)(=O)O)C1=O. The Morgan fingerprint density at radius 2 is 2.12 bits per heavy atom. The number of hydrogen-bond acceptors (Lipinski definition) is 7. The number of nitrogens with zero attached hydrogens (tertiary/aromatic N) is 1. The Hall–Kier alpha value is -1.14. The van der Waals surface area contributed by atoms with Crippen LogP contribution in [0.3, 0.4) is 0 Å². The van der Waals surface area contributed by atoms with E-state index in [1.165, 1.54) is 23.5 Å². The molecular formula is C13H14N2O5S4. The molecule has 1 saturated heterocycles. The molecule has 11 heteroatoms. The Kier molecular flexibility index (Phi) is 6.26. The molecule has 2 rings (SSSR count). The fraction of sp³-hybridized carbons (Fsp3) is 0.308. The maximum atomic E-state index is 12.1. The van der Waals surface area contributed by atoms with E-state index in [0.717, 1.165) is 14.0 Å². The highest BCUT2D eigenvalue weighted by Crippen LogP contribution is 2.28. The van der Waals surface area contributed by atoms with Crippen molar-refractivity contribution < 1.29 is 22.6 Å². The number of carbonyl (C=O) groups is 2. The molecule has 1 atom stereocenters. The zero-order valence-electron chi connectivity index (χ0n) is 12.5. The molecule has 7 nitrogen and oxygen atoms in total. The predicted octanol–water partition coefficient (Wildman–Crippen LogP) is 1.10. The van der Waals surface area contributed by atoms with Crippen molar-refractivity contribution >= 4 is 61.4 Å². The van der Waals surface area contributed by atoms with Gasteiger partial charge in [-0.15, -0.1) is 11.8 Å². The van der Waals surface area contributed by atoms with E-state index in [9.17, 15) is 18.0 Å². The largest absolute Gasteiger partial charge is 0.362 e. The Balaban J connectivity index is 1.97. The van der Waals surface area contributed by atoms with Crippen molar-refractivity contribution in [1.29, 1.82) is 0 Å². The van der Waals surface area contributed by atoms with E-state index in [1.54, 1.807) is 12.1 Å². The van der Waals surface area contributed by atoms with E-state index in [1.807, 2.05) is 18.4 Å². The molecule has 1 fully saturated rings. The van der Waals surface area contributed by atoms with E-state index in [0.29, 0.717) is 4.31 Å². The molecule has 1 aromatic rings. The summed E-state index contributed by atoms with van der Waals surface area (Å²) in [7, 11) is -4.55. The number of carbonyl (C=O) groups excluding carboxylic acids is 2. The summed E-state index contributed by atoms with van der Waals surface area (Å²) < 4.78 is 31.5. The molecule has 1 aromatic carbocycles. The van der Waals surface area contributed by atoms with Gasteiger partial charge >= 0.3 is 10.3 Å². The van der Waals surface area contributed by atoms with Gasteiger partial charge in [-0.2, -0.15) is 8.42 Å². The molecule has 1 aliphatic heterocycles. The van der Waals surface area contributed by atoms with Gasteiger partial charge in [0.1, 0.15) is 9.57 Å². The minimum Gasteiger partial charge on any atom is -0.342 e. The van der Waals surface area contributed by atoms with Gasteiger partial charge in [-0.05, 0) is 17.9 Å². The van der Waals surface area contributed by atoms with Gasteiger partial charge in [-0.25, -0.2) is 4.31 Å². The highest BCUT2D eigenvalue weighted by molar-refractivity contribution is 8.47. The van der Waals surface area contributed by atoms with Gasteiger partial charge in [-0.1, -0.05) is 42.2 Å². The van der Waals surface area contributed by atoms with Gasteiger partial charge in [0.15, 0.2) is 0 Å². The Labute approximate surface area is 153 Å². The second-order valence-electron chi connectivity index (χ2n) is 4.81. The Morgan fingerprint density at radius 1 is 1.46 bits per heavy atom. The second-order valence-corrected chi connectivity index (χ2v) is 9.20. The highest BCUT2D eigenvalue weighted by Gasteiger charge is 2.44. The van der Waals surface area contributed by atoms with E-state index in [4.69, 9.17) is 16.8 Å². The number of amides is 2. The third-order valence-corrected chi connectivity index (χ3v) is 6.69. The molecule has 2 amide bonds. The number of thioether (sulfide) groups is 2. The normalized spacial score (nSPS) is 17.3. The average molecular weight is 407 g/mol. The van der Waals surface area contributed by atoms with Gasteiger partial charge in [0.25, 0.3) is 5.91 Å². The molecule has 0 aromatic heterocycles. The lowest BCUT2D eigenvalue weighted by Crippen LogP contribution is -2.65. The summed E-state index contributed by atoms with van der Waals surface area (Å²) in [6.45, 7) is -0.267. The smallest absolute Gasteiger partial charge is 0.342 e. The summed E-state index contributed by atoms with van der Waals surface area (Å²) in [5.74, 6) is -1.26. The summed E-state index contributed by atoms with van der Waals surface area (Å²) >= 11 is 7.98. The van der Waals surface area contributed by atoms with Crippen molar-refractivity contribution in [2.45, 2.75) is 17.4 Å². The summed E-state index contributed by atoms with van der Waals surface area (Å²) in [4.78, 5) is 24.5. The monoisotopic (exact) mass is 406 g/mol. The molecule has 0 saturated carbocycles. The second kappa shape index (κ2) is 7.83. The molecule has 1 heterocycles. The average Bonchev–Trinajstić information content (AvgIpc) is 2.51. The van der Waals surface area contributed by atoms with Crippen molar-refractivity contribution in [1.82, 2.24) is 9.62 Å². The summed E-state index contributed by atoms with van der Waals surface area (Å²) in [5.41, 5.74) is 0.759. The van der Waals surface area contributed by atoms with E-state index < -0.39 is 28.2 Å². The molecule has 1 aliphatic rings. The molecular weight excluding hydrogens is 392 g/mol. The van der Waals surface area contributed by atoms with Crippen LogP contribution in [0.1, 0.15) is 5.56 Å². The lowest BCUT2D eigenvalue weighted by Gasteiger charge is -2.35. The minimum absolute atomic E-state index is 0.0375. The Morgan fingerprint density at radius 3 is 2.71 bits per heavy atom. The van der Waals surface area contributed by atoms with Crippen LogP contribution in [0, 0.1) is 0 Å². The first-order chi connectivity index (χ1) is 11.2. The van der Waals surface area contributed by atoms with E-state index in [-0.39, 0.29) is 13.0 Å². The fourth-order valence-electron chi connectivity index (χ4n) is 2.01. The first kappa shape index (κ1) is 19.2. The first-order valence-corrected chi connectivity index (χ1v) is 10.5. The molecule has 0 radical (unpaired) electrons. The van der Waals surface area contributed by atoms with Crippen LogP contribution in [0.5, 0.6) is 0 Å². The molecule has 0 spiro atoms.